The second kappa shape index (κ2) is 10.1. The smallest absolute Gasteiger partial charge is 0.458 e. The summed E-state index contributed by atoms with van der Waals surface area (Å²) in [6.45, 7) is 1.89. The monoisotopic (exact) mass is 465 g/mol. The molecule has 1 saturated heterocycles. The van der Waals surface area contributed by atoms with E-state index in [4.69, 9.17) is 10.1 Å². The third kappa shape index (κ3) is 5.20. The summed E-state index contributed by atoms with van der Waals surface area (Å²) in [5, 5.41) is 18.9. The number of rotatable bonds is 4. The van der Waals surface area contributed by atoms with Gasteiger partial charge in [0.1, 0.15) is 17.3 Å². The first-order chi connectivity index (χ1) is 16.0. The number of nitrogens with one attached hydrogen (secondary N) is 2. The highest BCUT2D eigenvalue weighted by molar-refractivity contribution is 8.14. The van der Waals surface area contributed by atoms with E-state index < -0.39 is 6.23 Å². The predicted molar refractivity (Wildman–Crippen MR) is 127 cm³/mol. The van der Waals surface area contributed by atoms with Crippen LogP contribution in [0.1, 0.15) is 36.7 Å². The molecule has 0 amide bonds. The fourth-order valence-electron chi connectivity index (χ4n) is 3.53. The summed E-state index contributed by atoms with van der Waals surface area (Å²) in [4.78, 5) is 11.9. The number of H-pyrrole nitrogens is 1. The number of hydrazine groups is 1. The highest BCUT2D eigenvalue weighted by atomic mass is 32.2. The number of nitrogens with zero attached hydrogens (tertiary/aromatic N) is 4. The summed E-state index contributed by atoms with van der Waals surface area (Å²) in [7, 11) is 3.50. The van der Waals surface area contributed by atoms with Gasteiger partial charge in [-0.25, -0.2) is 10.4 Å². The molecular formula is C23H27N7O2S+2. The lowest BCUT2D eigenvalue weighted by molar-refractivity contribution is -0.103. The fourth-order valence-corrected chi connectivity index (χ4v) is 4.43. The van der Waals surface area contributed by atoms with Crippen LogP contribution in [0.4, 0.5) is 0 Å². The van der Waals surface area contributed by atoms with E-state index in [0.29, 0.717) is 33.4 Å². The first-order valence-corrected chi connectivity index (χ1v) is 11.5. The van der Waals surface area contributed by atoms with Crippen LogP contribution in [0.15, 0.2) is 29.5 Å². The summed E-state index contributed by atoms with van der Waals surface area (Å²) >= 11 is 1.48. The van der Waals surface area contributed by atoms with Crippen molar-refractivity contribution in [3.05, 3.63) is 41.3 Å². The molecule has 1 aliphatic carbocycles. The molecule has 0 radical (unpaired) electrons. The molecule has 0 spiro atoms. The molecular weight excluding hydrogens is 438 g/mol. The molecule has 1 saturated carbocycles. The van der Waals surface area contributed by atoms with E-state index in [-0.39, 0.29) is 5.37 Å². The van der Waals surface area contributed by atoms with Gasteiger partial charge in [0.05, 0.1) is 19.4 Å². The first kappa shape index (κ1) is 22.9. The normalized spacial score (nSPS) is 20.1. The highest BCUT2D eigenvalue weighted by Crippen LogP contribution is 2.35. The SMILES string of the molecule is COc1cnc(C)cc1-c1c[nH]c(=[N+]=C=[NH2+])cc1C(O)/N=C1\NN(C)C(C#CC2CCC2)S1. The van der Waals surface area contributed by atoms with E-state index in [1.54, 1.807) is 25.6 Å². The van der Waals surface area contributed by atoms with Crippen molar-refractivity contribution in [3.63, 3.8) is 0 Å². The van der Waals surface area contributed by atoms with Crippen LogP contribution in [0.5, 0.6) is 5.75 Å². The molecule has 33 heavy (non-hydrogen) atoms. The Bertz CT molecular complexity index is 1260. The van der Waals surface area contributed by atoms with Gasteiger partial charge in [0.2, 0.25) is 0 Å². The summed E-state index contributed by atoms with van der Waals surface area (Å²) in [5.41, 5.74) is 6.46. The first-order valence-electron chi connectivity index (χ1n) is 10.6. The van der Waals surface area contributed by atoms with E-state index in [1.165, 1.54) is 31.0 Å². The maximum absolute atomic E-state index is 11.1. The molecule has 0 aromatic carbocycles. The van der Waals surface area contributed by atoms with Crippen LogP contribution >= 0.6 is 11.8 Å². The van der Waals surface area contributed by atoms with Gasteiger partial charge in [0.25, 0.3) is 0 Å². The average molecular weight is 466 g/mol. The molecule has 9 nitrogen and oxygen atoms in total. The number of methoxy groups -OCH3 is 1. The van der Waals surface area contributed by atoms with Gasteiger partial charge in [-0.1, -0.05) is 30.0 Å². The molecule has 3 heterocycles. The van der Waals surface area contributed by atoms with Crippen molar-refractivity contribution < 1.29 is 15.3 Å². The minimum atomic E-state index is -1.17. The van der Waals surface area contributed by atoms with Crippen LogP contribution in [-0.4, -0.2) is 50.8 Å². The van der Waals surface area contributed by atoms with Crippen molar-refractivity contribution in [3.8, 4) is 28.7 Å². The number of aromatic nitrogens is 2. The molecule has 170 valence electrons. The Kier molecular flexibility index (Phi) is 6.99. The molecule has 2 unspecified atom stereocenters. The molecule has 2 atom stereocenters. The molecule has 5 N–H and O–H groups in total. The van der Waals surface area contributed by atoms with Gasteiger partial charge in [0, 0.05) is 35.3 Å². The number of aryl methyl sites for hydroxylation is 1. The summed E-state index contributed by atoms with van der Waals surface area (Å²) in [6.07, 6.45) is 5.84. The number of pyridine rings is 2. The molecule has 10 heteroatoms. The Hall–Kier alpha value is -3.31. The van der Waals surface area contributed by atoms with Gasteiger partial charge in [-0.05, 0) is 30.5 Å². The number of thioether (sulfide) groups is 1. The number of hydrogen-bond acceptors (Lipinski definition) is 6. The second-order valence-electron chi connectivity index (χ2n) is 7.87. The maximum atomic E-state index is 11.1. The van der Waals surface area contributed by atoms with E-state index >= 15 is 0 Å². The number of aliphatic hydroxyl groups excluding tert-OH is 1. The van der Waals surface area contributed by atoms with Gasteiger partial charge in [0.15, 0.2) is 11.4 Å². The second-order valence-corrected chi connectivity index (χ2v) is 8.94. The lowest BCUT2D eigenvalue weighted by Gasteiger charge is -2.19. The van der Waals surface area contributed by atoms with Crippen LogP contribution in [0.3, 0.4) is 0 Å². The number of aromatic amines is 1. The van der Waals surface area contributed by atoms with Crippen molar-refractivity contribution in [2.45, 2.75) is 37.8 Å². The van der Waals surface area contributed by atoms with Crippen molar-refractivity contribution in [2.75, 3.05) is 14.2 Å². The Morgan fingerprint density at radius 2 is 2.18 bits per heavy atom. The lowest BCUT2D eigenvalue weighted by atomic mass is 9.86. The molecule has 0 bridgehead atoms. The highest BCUT2D eigenvalue weighted by Gasteiger charge is 2.28. The molecule has 2 aliphatic rings. The van der Waals surface area contributed by atoms with Crippen molar-refractivity contribution in [1.82, 2.24) is 25.1 Å². The van der Waals surface area contributed by atoms with Crippen LogP contribution < -0.4 is 25.7 Å². The Balaban J connectivity index is 1.69. The third-order valence-electron chi connectivity index (χ3n) is 5.55. The van der Waals surface area contributed by atoms with Crippen molar-refractivity contribution in [1.29, 1.82) is 0 Å². The molecule has 4 rings (SSSR count). The molecule has 1 aliphatic heterocycles. The largest absolute Gasteiger partial charge is 0.494 e. The van der Waals surface area contributed by atoms with E-state index in [2.05, 4.69) is 42.9 Å². The Morgan fingerprint density at radius 1 is 1.36 bits per heavy atom. The Labute approximate surface area is 196 Å². The van der Waals surface area contributed by atoms with E-state index in [0.717, 1.165) is 11.3 Å². The van der Waals surface area contributed by atoms with Gasteiger partial charge in [-0.3, -0.25) is 10.4 Å². The number of hydrogen-bond donors (Lipinski definition) is 4. The van der Waals surface area contributed by atoms with Gasteiger partial charge < -0.3 is 9.84 Å². The minimum absolute atomic E-state index is 0.0601. The molecule has 2 fully saturated rings. The number of ether oxygens (including phenoxy) is 1. The predicted octanol–water partition coefficient (Wildman–Crippen LogP) is -0.0457. The van der Waals surface area contributed by atoms with E-state index in [9.17, 15) is 5.11 Å². The van der Waals surface area contributed by atoms with Crippen molar-refractivity contribution >= 4 is 22.9 Å². The van der Waals surface area contributed by atoms with Gasteiger partial charge in [-0.2, -0.15) is 9.99 Å². The van der Waals surface area contributed by atoms with Crippen molar-refractivity contribution in [2.24, 2.45) is 10.9 Å². The zero-order valence-corrected chi connectivity index (χ0v) is 19.6. The van der Waals surface area contributed by atoms with E-state index in [1.807, 2.05) is 25.0 Å². The Morgan fingerprint density at radius 3 is 2.88 bits per heavy atom. The van der Waals surface area contributed by atoms with Gasteiger partial charge in [-0.15, -0.1) is 0 Å². The van der Waals surface area contributed by atoms with Crippen LogP contribution in [-0.2, 0) is 0 Å². The van der Waals surface area contributed by atoms with Crippen LogP contribution in [0, 0.1) is 24.7 Å². The lowest BCUT2D eigenvalue weighted by Crippen LogP contribution is -2.33. The molecule has 2 aromatic heterocycles. The standard InChI is InChI=1S/C23H25N7O2S/c1-14-9-16(19(32-3)12-25-14)18-11-26-20(27-13-24)10-17(18)22(31)28-23-29-30(2)21(33-23)8-7-15-5-4-6-15/h9-12,15,21-22,24,31H,4-6H2,1-3H3,(H,28,29)/p+2. The number of nitrogens with two attached hydrogens (primary N) is 1. The topological polar surface area (TPSA) is 125 Å². The summed E-state index contributed by atoms with van der Waals surface area (Å²) in [6, 6.07) is 5.85. The maximum Gasteiger partial charge on any atom is 0.458 e. The minimum Gasteiger partial charge on any atom is -0.494 e. The summed E-state index contributed by atoms with van der Waals surface area (Å²) < 4.78 is 9.48. The quantitative estimate of drug-likeness (QED) is 0.285. The summed E-state index contributed by atoms with van der Waals surface area (Å²) in [5.74, 6) is 7.74. The fraction of sp³-hybridized carbons (Fsp3) is 0.391. The van der Waals surface area contributed by atoms with Crippen LogP contribution in [0.25, 0.3) is 11.1 Å². The number of aliphatic hydroxyl groups is 1. The van der Waals surface area contributed by atoms with Gasteiger partial charge >= 0.3 is 11.5 Å². The zero-order valence-electron chi connectivity index (χ0n) is 18.8. The molecule has 2 aromatic rings. The number of amidine groups is 1. The zero-order chi connectivity index (χ0) is 23.4. The number of aliphatic imine (C=N–C) groups is 1. The van der Waals surface area contributed by atoms with Crippen LogP contribution in [0.2, 0.25) is 0 Å². The average Bonchev–Trinajstić information content (AvgIpc) is 3.11. The third-order valence-corrected chi connectivity index (χ3v) is 6.62.